The van der Waals surface area contributed by atoms with Gasteiger partial charge in [0.25, 0.3) is 0 Å². The third-order valence-corrected chi connectivity index (χ3v) is 2.88. The van der Waals surface area contributed by atoms with E-state index in [4.69, 9.17) is 9.84 Å². The van der Waals surface area contributed by atoms with Gasteiger partial charge < -0.3 is 9.84 Å². The molecule has 0 unspecified atom stereocenters. The molecule has 0 rings (SSSR count). The van der Waals surface area contributed by atoms with Gasteiger partial charge in [-0.05, 0) is 6.42 Å². The molecule has 0 radical (unpaired) electrons. The second-order valence-corrected chi connectivity index (χ2v) is 4.52. The normalized spacial score (nSPS) is 10.9. The number of hydrogen-bond donors (Lipinski definition) is 1. The van der Waals surface area contributed by atoms with Crippen LogP contribution in [0.3, 0.4) is 0 Å². The highest BCUT2D eigenvalue weighted by Gasteiger charge is 1.92. The molecule has 0 saturated carbocycles. The lowest BCUT2D eigenvalue weighted by Gasteiger charge is -2.03. The van der Waals surface area contributed by atoms with E-state index in [-0.39, 0.29) is 6.61 Å². The third kappa shape index (κ3) is 13.9. The first-order chi connectivity index (χ1) is 7.91. The molecule has 0 saturated heterocycles. The van der Waals surface area contributed by atoms with Gasteiger partial charge in [0.15, 0.2) is 0 Å². The lowest BCUT2D eigenvalue weighted by atomic mass is 10.1. The zero-order valence-corrected chi connectivity index (χ0v) is 11.0. The Labute approximate surface area is 101 Å². The summed E-state index contributed by atoms with van der Waals surface area (Å²) in [5.41, 5.74) is 0. The Morgan fingerprint density at radius 3 is 1.69 bits per heavy atom. The van der Waals surface area contributed by atoms with E-state index in [1.807, 2.05) is 0 Å². The highest BCUT2D eigenvalue weighted by molar-refractivity contribution is 4.47. The Bertz CT molecular complexity index is 101. The molecular weight excluding hydrogens is 200 g/mol. The van der Waals surface area contributed by atoms with Gasteiger partial charge in [0.05, 0.1) is 13.2 Å². The maximum atomic E-state index is 8.50. The first kappa shape index (κ1) is 15.9. The average Bonchev–Trinajstić information content (AvgIpc) is 2.31. The van der Waals surface area contributed by atoms with Crippen LogP contribution in [0.15, 0.2) is 0 Å². The van der Waals surface area contributed by atoms with Crippen LogP contribution in [0, 0.1) is 0 Å². The SMILES string of the molecule is CCCCCCCCCCCCOCCO. The first-order valence-electron chi connectivity index (χ1n) is 7.10. The Kier molecular flexibility index (Phi) is 14.8. The Balaban J connectivity index is 2.83. The van der Waals surface area contributed by atoms with Crippen LogP contribution in [0.25, 0.3) is 0 Å². The van der Waals surface area contributed by atoms with E-state index >= 15 is 0 Å². The van der Waals surface area contributed by atoms with Crippen molar-refractivity contribution in [2.24, 2.45) is 0 Å². The van der Waals surface area contributed by atoms with Gasteiger partial charge in [0.2, 0.25) is 0 Å². The summed E-state index contributed by atoms with van der Waals surface area (Å²) in [5.74, 6) is 0. The fourth-order valence-electron chi connectivity index (χ4n) is 1.86. The summed E-state index contributed by atoms with van der Waals surface area (Å²) in [6, 6.07) is 0. The predicted octanol–water partition coefficient (Wildman–Crippen LogP) is 3.92. The van der Waals surface area contributed by atoms with Crippen molar-refractivity contribution in [3.63, 3.8) is 0 Å². The summed E-state index contributed by atoms with van der Waals surface area (Å²) >= 11 is 0. The summed E-state index contributed by atoms with van der Waals surface area (Å²) in [5, 5.41) is 8.50. The lowest BCUT2D eigenvalue weighted by molar-refractivity contribution is 0.0895. The van der Waals surface area contributed by atoms with E-state index < -0.39 is 0 Å². The molecule has 0 aromatic rings. The number of aliphatic hydroxyl groups excluding tert-OH is 1. The van der Waals surface area contributed by atoms with Crippen molar-refractivity contribution >= 4 is 0 Å². The minimum atomic E-state index is 0.151. The van der Waals surface area contributed by atoms with E-state index in [1.165, 1.54) is 57.8 Å². The van der Waals surface area contributed by atoms with Gasteiger partial charge in [-0.25, -0.2) is 0 Å². The highest BCUT2D eigenvalue weighted by Crippen LogP contribution is 2.10. The van der Waals surface area contributed by atoms with E-state index in [2.05, 4.69) is 6.92 Å². The van der Waals surface area contributed by atoms with Gasteiger partial charge >= 0.3 is 0 Å². The Hall–Kier alpha value is -0.0800. The van der Waals surface area contributed by atoms with Crippen LogP contribution < -0.4 is 0 Å². The van der Waals surface area contributed by atoms with E-state index in [0.717, 1.165) is 13.0 Å². The van der Waals surface area contributed by atoms with Crippen LogP contribution >= 0.6 is 0 Å². The van der Waals surface area contributed by atoms with Crippen molar-refractivity contribution in [1.29, 1.82) is 0 Å². The Morgan fingerprint density at radius 2 is 1.19 bits per heavy atom. The number of hydrogen-bond acceptors (Lipinski definition) is 2. The van der Waals surface area contributed by atoms with Gasteiger partial charge in [-0.3, -0.25) is 0 Å². The van der Waals surface area contributed by atoms with E-state index in [1.54, 1.807) is 0 Å². The third-order valence-electron chi connectivity index (χ3n) is 2.88. The van der Waals surface area contributed by atoms with E-state index in [0.29, 0.717) is 6.61 Å². The Morgan fingerprint density at radius 1 is 0.688 bits per heavy atom. The molecule has 0 fully saturated rings. The summed E-state index contributed by atoms with van der Waals surface area (Å²) in [6.07, 6.45) is 13.6. The number of ether oxygens (including phenoxy) is 1. The quantitative estimate of drug-likeness (QED) is 0.486. The molecule has 0 atom stereocenters. The summed E-state index contributed by atoms with van der Waals surface area (Å²) in [4.78, 5) is 0. The molecule has 2 heteroatoms. The van der Waals surface area contributed by atoms with Crippen molar-refractivity contribution < 1.29 is 9.84 Å². The topological polar surface area (TPSA) is 29.5 Å². The lowest BCUT2D eigenvalue weighted by Crippen LogP contribution is -2.00. The van der Waals surface area contributed by atoms with Crippen LogP contribution in [0.4, 0.5) is 0 Å². The molecule has 0 aromatic carbocycles. The molecule has 0 aliphatic heterocycles. The first-order valence-corrected chi connectivity index (χ1v) is 7.10. The second kappa shape index (κ2) is 14.9. The second-order valence-electron chi connectivity index (χ2n) is 4.52. The number of unbranched alkanes of at least 4 members (excludes halogenated alkanes) is 9. The zero-order valence-electron chi connectivity index (χ0n) is 11.0. The predicted molar refractivity (Wildman–Crippen MR) is 69.7 cm³/mol. The molecule has 0 bridgehead atoms. The van der Waals surface area contributed by atoms with Gasteiger partial charge in [0, 0.05) is 6.61 Å². The molecule has 0 aromatic heterocycles. The molecule has 0 spiro atoms. The van der Waals surface area contributed by atoms with Crippen LogP contribution in [0.2, 0.25) is 0 Å². The maximum absolute atomic E-state index is 8.50. The van der Waals surface area contributed by atoms with Crippen molar-refractivity contribution in [2.45, 2.75) is 71.1 Å². The molecule has 0 amide bonds. The average molecular weight is 230 g/mol. The summed E-state index contributed by atoms with van der Waals surface area (Å²) < 4.78 is 5.20. The molecule has 0 heterocycles. The van der Waals surface area contributed by atoms with Crippen LogP contribution in [-0.4, -0.2) is 24.9 Å². The van der Waals surface area contributed by atoms with Crippen molar-refractivity contribution in [3.8, 4) is 0 Å². The van der Waals surface area contributed by atoms with Gasteiger partial charge in [0.1, 0.15) is 0 Å². The van der Waals surface area contributed by atoms with Crippen LogP contribution in [0.5, 0.6) is 0 Å². The molecule has 0 aliphatic carbocycles. The van der Waals surface area contributed by atoms with Crippen molar-refractivity contribution in [3.05, 3.63) is 0 Å². The zero-order chi connectivity index (χ0) is 11.9. The monoisotopic (exact) mass is 230 g/mol. The molecule has 2 nitrogen and oxygen atoms in total. The van der Waals surface area contributed by atoms with Gasteiger partial charge in [-0.1, -0.05) is 64.7 Å². The van der Waals surface area contributed by atoms with Crippen LogP contribution in [0.1, 0.15) is 71.1 Å². The van der Waals surface area contributed by atoms with Crippen molar-refractivity contribution in [1.82, 2.24) is 0 Å². The van der Waals surface area contributed by atoms with Gasteiger partial charge in [-0.15, -0.1) is 0 Å². The van der Waals surface area contributed by atoms with Crippen LogP contribution in [-0.2, 0) is 4.74 Å². The minimum absolute atomic E-state index is 0.151. The van der Waals surface area contributed by atoms with E-state index in [9.17, 15) is 0 Å². The molecule has 98 valence electrons. The molecule has 0 aliphatic rings. The number of rotatable bonds is 13. The standard InChI is InChI=1S/C14H30O2/c1-2-3-4-5-6-7-8-9-10-11-13-16-14-12-15/h15H,2-14H2,1H3. The smallest absolute Gasteiger partial charge is 0.0697 e. The fourth-order valence-corrected chi connectivity index (χ4v) is 1.86. The minimum Gasteiger partial charge on any atom is -0.394 e. The molecule has 1 N–H and O–H groups in total. The van der Waals surface area contributed by atoms with Crippen molar-refractivity contribution in [2.75, 3.05) is 19.8 Å². The maximum Gasteiger partial charge on any atom is 0.0697 e. The summed E-state index contributed by atoms with van der Waals surface area (Å²) in [7, 11) is 0. The summed E-state index contributed by atoms with van der Waals surface area (Å²) in [6.45, 7) is 3.73. The molecule has 16 heavy (non-hydrogen) atoms. The largest absolute Gasteiger partial charge is 0.394 e. The fraction of sp³-hybridized carbons (Fsp3) is 1.00. The highest BCUT2D eigenvalue weighted by atomic mass is 16.5. The molecular formula is C14H30O2. The van der Waals surface area contributed by atoms with Gasteiger partial charge in [-0.2, -0.15) is 0 Å². The number of aliphatic hydroxyl groups is 1.